The number of cyclic esters (lactones) is 1. The van der Waals surface area contributed by atoms with Crippen molar-refractivity contribution in [1.82, 2.24) is 29.7 Å². The van der Waals surface area contributed by atoms with E-state index < -0.39 is 6.04 Å². The van der Waals surface area contributed by atoms with E-state index in [1.54, 1.807) is 16.4 Å². The molecule has 10 nitrogen and oxygen atoms in total. The molecule has 1 saturated heterocycles. The largest absolute Gasteiger partial charge is 0.448 e. The fraction of sp³-hybridized carbons (Fsp3) is 0.533. The van der Waals surface area contributed by atoms with Gasteiger partial charge in [0.25, 0.3) is 0 Å². The minimum Gasteiger partial charge on any atom is -0.448 e. The van der Waals surface area contributed by atoms with E-state index in [4.69, 9.17) is 10.5 Å². The highest BCUT2D eigenvalue weighted by Gasteiger charge is 2.24. The topological polar surface area (TPSA) is 128 Å². The standard InChI is InChI=1S/C15H21N7O3/c1-9(3-4-21-5-6-25-15(21)24)20-14(23)10(2)22-8-19-11-12(16)17-7-18-13(11)22/h7-10H,3-6H2,1-2H3,(H,20,23)(H2,16,17,18). The van der Waals surface area contributed by atoms with Crippen LogP contribution in [0.15, 0.2) is 12.7 Å². The third-order valence-corrected chi connectivity index (χ3v) is 4.25. The van der Waals surface area contributed by atoms with Gasteiger partial charge in [0.2, 0.25) is 5.91 Å². The van der Waals surface area contributed by atoms with Crippen molar-refractivity contribution in [3.63, 3.8) is 0 Å². The molecule has 2 unspecified atom stereocenters. The molecule has 0 saturated carbocycles. The van der Waals surface area contributed by atoms with Crippen LogP contribution >= 0.6 is 0 Å². The van der Waals surface area contributed by atoms with Gasteiger partial charge in [0, 0.05) is 12.6 Å². The van der Waals surface area contributed by atoms with Gasteiger partial charge in [0.1, 0.15) is 24.5 Å². The Labute approximate surface area is 144 Å². The Morgan fingerprint density at radius 3 is 2.92 bits per heavy atom. The zero-order chi connectivity index (χ0) is 18.0. The highest BCUT2D eigenvalue weighted by molar-refractivity contribution is 5.85. The lowest BCUT2D eigenvalue weighted by Crippen LogP contribution is -2.39. The number of anilines is 1. The summed E-state index contributed by atoms with van der Waals surface area (Å²) in [5, 5.41) is 2.95. The van der Waals surface area contributed by atoms with E-state index in [-0.39, 0.29) is 23.9 Å². The molecule has 25 heavy (non-hydrogen) atoms. The molecule has 0 aromatic carbocycles. The Morgan fingerprint density at radius 2 is 2.20 bits per heavy atom. The molecule has 134 valence electrons. The van der Waals surface area contributed by atoms with Crippen molar-refractivity contribution < 1.29 is 14.3 Å². The monoisotopic (exact) mass is 347 g/mol. The molecule has 2 aromatic heterocycles. The van der Waals surface area contributed by atoms with Crippen LogP contribution in [0.5, 0.6) is 0 Å². The zero-order valence-electron chi connectivity index (χ0n) is 14.2. The van der Waals surface area contributed by atoms with E-state index in [1.165, 1.54) is 12.7 Å². The number of aromatic nitrogens is 4. The van der Waals surface area contributed by atoms with Crippen molar-refractivity contribution in [2.24, 2.45) is 0 Å². The number of nitrogens with zero attached hydrogens (tertiary/aromatic N) is 5. The maximum Gasteiger partial charge on any atom is 0.409 e. The minimum absolute atomic E-state index is 0.0853. The molecule has 0 radical (unpaired) electrons. The summed E-state index contributed by atoms with van der Waals surface area (Å²) in [4.78, 5) is 37.8. The predicted molar refractivity (Wildman–Crippen MR) is 89.6 cm³/mol. The van der Waals surface area contributed by atoms with Crippen LogP contribution in [0.4, 0.5) is 10.6 Å². The van der Waals surface area contributed by atoms with Gasteiger partial charge >= 0.3 is 6.09 Å². The Hall–Kier alpha value is -2.91. The number of amides is 2. The second kappa shape index (κ2) is 6.91. The van der Waals surface area contributed by atoms with Gasteiger partial charge in [-0.3, -0.25) is 4.79 Å². The predicted octanol–water partition coefficient (Wildman–Crippen LogP) is 0.317. The molecule has 10 heteroatoms. The van der Waals surface area contributed by atoms with Crippen LogP contribution in [0.25, 0.3) is 11.2 Å². The number of rotatable bonds is 6. The molecule has 2 aromatic rings. The summed E-state index contributed by atoms with van der Waals surface area (Å²) in [6, 6.07) is -0.587. The van der Waals surface area contributed by atoms with E-state index in [0.29, 0.717) is 37.3 Å². The molecule has 1 fully saturated rings. The van der Waals surface area contributed by atoms with Crippen LogP contribution in [0.1, 0.15) is 26.3 Å². The smallest absolute Gasteiger partial charge is 0.409 e. The van der Waals surface area contributed by atoms with E-state index in [0.717, 1.165) is 0 Å². The fourth-order valence-electron chi connectivity index (χ4n) is 2.69. The summed E-state index contributed by atoms with van der Waals surface area (Å²) in [5.74, 6) is 0.121. The maximum absolute atomic E-state index is 12.5. The number of nitrogens with one attached hydrogen (secondary N) is 1. The Bertz CT molecular complexity index is 791. The van der Waals surface area contributed by atoms with Gasteiger partial charge in [-0.2, -0.15) is 0 Å². The number of nitrogens with two attached hydrogens (primary N) is 1. The number of nitrogen functional groups attached to an aromatic ring is 1. The van der Waals surface area contributed by atoms with Crippen LogP contribution in [0.3, 0.4) is 0 Å². The minimum atomic E-state index is -0.501. The first kappa shape index (κ1) is 16.9. The van der Waals surface area contributed by atoms with Crippen molar-refractivity contribution in [3.8, 4) is 0 Å². The first-order valence-corrected chi connectivity index (χ1v) is 8.12. The van der Waals surface area contributed by atoms with E-state index >= 15 is 0 Å². The van der Waals surface area contributed by atoms with Crippen LogP contribution in [0.2, 0.25) is 0 Å². The lowest BCUT2D eigenvalue weighted by molar-refractivity contribution is -0.124. The summed E-state index contributed by atoms with van der Waals surface area (Å²) in [7, 11) is 0. The summed E-state index contributed by atoms with van der Waals surface area (Å²) < 4.78 is 6.54. The Balaban J connectivity index is 1.60. The average Bonchev–Trinajstić information content (AvgIpc) is 3.19. The Morgan fingerprint density at radius 1 is 1.40 bits per heavy atom. The zero-order valence-corrected chi connectivity index (χ0v) is 14.2. The van der Waals surface area contributed by atoms with Gasteiger partial charge in [-0.1, -0.05) is 0 Å². The van der Waals surface area contributed by atoms with Crippen molar-refractivity contribution >= 4 is 29.0 Å². The molecule has 1 aliphatic heterocycles. The normalized spacial score (nSPS) is 16.7. The van der Waals surface area contributed by atoms with Crippen molar-refractivity contribution in [1.29, 1.82) is 0 Å². The third-order valence-electron chi connectivity index (χ3n) is 4.25. The molecule has 0 spiro atoms. The van der Waals surface area contributed by atoms with Crippen LogP contribution in [-0.2, 0) is 9.53 Å². The Kier molecular flexibility index (Phi) is 4.68. The molecule has 0 bridgehead atoms. The number of hydrogen-bond acceptors (Lipinski definition) is 7. The summed E-state index contributed by atoms with van der Waals surface area (Å²) in [6.45, 7) is 5.23. The van der Waals surface area contributed by atoms with Gasteiger partial charge in [-0.05, 0) is 20.3 Å². The van der Waals surface area contributed by atoms with Crippen molar-refractivity contribution in [2.75, 3.05) is 25.4 Å². The van der Waals surface area contributed by atoms with Gasteiger partial charge in [-0.25, -0.2) is 19.7 Å². The third kappa shape index (κ3) is 3.47. The van der Waals surface area contributed by atoms with Gasteiger partial charge < -0.3 is 25.3 Å². The van der Waals surface area contributed by atoms with Crippen LogP contribution in [0, 0.1) is 0 Å². The first-order chi connectivity index (χ1) is 12.0. The summed E-state index contributed by atoms with van der Waals surface area (Å²) in [5.41, 5.74) is 6.76. The van der Waals surface area contributed by atoms with Gasteiger partial charge in [-0.15, -0.1) is 0 Å². The molecule has 3 rings (SSSR count). The number of imidazole rings is 1. The SMILES string of the molecule is CC(CCN1CCOC1=O)NC(=O)C(C)n1cnc2c(N)ncnc21. The quantitative estimate of drug-likeness (QED) is 0.770. The number of ether oxygens (including phenoxy) is 1. The molecular formula is C15H21N7O3. The molecule has 3 N–H and O–H groups in total. The molecule has 2 atom stereocenters. The van der Waals surface area contributed by atoms with E-state index in [9.17, 15) is 9.59 Å². The first-order valence-electron chi connectivity index (χ1n) is 8.12. The molecular weight excluding hydrogens is 326 g/mol. The number of fused-ring (bicyclic) bond motifs is 1. The lowest BCUT2D eigenvalue weighted by Gasteiger charge is -2.20. The average molecular weight is 347 g/mol. The van der Waals surface area contributed by atoms with Crippen LogP contribution < -0.4 is 11.1 Å². The molecule has 1 aliphatic rings. The van der Waals surface area contributed by atoms with Gasteiger partial charge in [0.05, 0.1) is 12.9 Å². The van der Waals surface area contributed by atoms with Gasteiger partial charge in [0.15, 0.2) is 11.5 Å². The maximum atomic E-state index is 12.5. The fourth-order valence-corrected chi connectivity index (χ4v) is 2.69. The van der Waals surface area contributed by atoms with E-state index in [1.807, 2.05) is 6.92 Å². The molecule has 3 heterocycles. The number of carbonyl (C=O) groups excluding carboxylic acids is 2. The molecule has 2 amide bonds. The summed E-state index contributed by atoms with van der Waals surface area (Å²) >= 11 is 0. The van der Waals surface area contributed by atoms with Crippen molar-refractivity contribution in [2.45, 2.75) is 32.4 Å². The highest BCUT2D eigenvalue weighted by atomic mass is 16.6. The number of carbonyl (C=O) groups is 2. The second-order valence-electron chi connectivity index (χ2n) is 6.06. The van der Waals surface area contributed by atoms with Crippen LogP contribution in [-0.4, -0.2) is 62.2 Å². The van der Waals surface area contributed by atoms with E-state index in [2.05, 4.69) is 20.3 Å². The summed E-state index contributed by atoms with van der Waals surface area (Å²) in [6.07, 6.45) is 3.23. The lowest BCUT2D eigenvalue weighted by atomic mass is 10.2. The number of hydrogen-bond donors (Lipinski definition) is 2. The second-order valence-corrected chi connectivity index (χ2v) is 6.06. The molecule has 0 aliphatic carbocycles. The van der Waals surface area contributed by atoms with Crippen molar-refractivity contribution in [3.05, 3.63) is 12.7 Å². The highest BCUT2D eigenvalue weighted by Crippen LogP contribution is 2.18.